The Bertz CT molecular complexity index is 2610. The second kappa shape index (κ2) is 21.5. The first-order chi connectivity index (χ1) is 31.8. The van der Waals surface area contributed by atoms with Crippen molar-refractivity contribution in [2.24, 2.45) is 5.16 Å². The lowest BCUT2D eigenvalue weighted by Gasteiger charge is -2.49. The van der Waals surface area contributed by atoms with E-state index in [2.05, 4.69) is 24.8 Å². The number of nitrogens with one attached hydrogen (secondary N) is 1. The van der Waals surface area contributed by atoms with E-state index in [1.807, 2.05) is 139 Å². The van der Waals surface area contributed by atoms with Gasteiger partial charge in [-0.1, -0.05) is 138 Å². The van der Waals surface area contributed by atoms with E-state index in [9.17, 15) is 19.2 Å². The summed E-state index contributed by atoms with van der Waals surface area (Å²) in [6.07, 6.45) is 4.07. The number of esters is 2. The maximum atomic E-state index is 14.4. The number of allylic oxidation sites excluding steroid dienone is 1. The molecular formula is C48H41N7O7S3. The molecular weight excluding hydrogens is 883 g/mol. The van der Waals surface area contributed by atoms with Crippen molar-refractivity contribution < 1.29 is 33.5 Å². The van der Waals surface area contributed by atoms with Crippen molar-refractivity contribution in [2.45, 2.75) is 41.4 Å². The molecule has 2 atom stereocenters. The van der Waals surface area contributed by atoms with Crippen molar-refractivity contribution in [3.05, 3.63) is 197 Å². The summed E-state index contributed by atoms with van der Waals surface area (Å²) in [6, 6.07) is 40.3. The third kappa shape index (κ3) is 11.0. The van der Waals surface area contributed by atoms with Crippen molar-refractivity contribution in [3.63, 3.8) is 0 Å². The smallest absolute Gasteiger partial charge is 0.356 e. The van der Waals surface area contributed by atoms with Gasteiger partial charge in [0.15, 0.2) is 17.3 Å². The Labute approximate surface area is 387 Å². The number of nitrogen functional groups attached to an aromatic ring is 1. The number of hydrogen-bond acceptors (Lipinski definition) is 15. The normalized spacial score (nSPS) is 16.0. The van der Waals surface area contributed by atoms with E-state index in [1.54, 1.807) is 18.5 Å². The lowest BCUT2D eigenvalue weighted by atomic mass is 10.0. The van der Waals surface area contributed by atoms with Crippen molar-refractivity contribution in [3.8, 4) is 0 Å². The third-order valence-corrected chi connectivity index (χ3v) is 12.7. The molecule has 4 heterocycles. The molecule has 14 nitrogen and oxygen atoms in total. The van der Waals surface area contributed by atoms with Gasteiger partial charge in [0.05, 0.1) is 0 Å². The van der Waals surface area contributed by atoms with Gasteiger partial charge >= 0.3 is 11.9 Å². The van der Waals surface area contributed by atoms with E-state index in [1.165, 1.54) is 28.4 Å². The summed E-state index contributed by atoms with van der Waals surface area (Å²) in [6.45, 7) is -0.0555. The number of oxime groups is 1. The fourth-order valence-corrected chi connectivity index (χ4v) is 9.43. The number of thioether (sulfide) groups is 2. The molecule has 8 rings (SSSR count). The number of carbonyl (C=O) groups excluding carboxylic acids is 4. The summed E-state index contributed by atoms with van der Waals surface area (Å²) in [5.41, 5.74) is 9.37. The van der Waals surface area contributed by atoms with Crippen LogP contribution in [0, 0.1) is 0 Å². The average Bonchev–Trinajstić information content (AvgIpc) is 3.79. The van der Waals surface area contributed by atoms with Gasteiger partial charge in [0.1, 0.15) is 23.7 Å². The van der Waals surface area contributed by atoms with Crippen LogP contribution in [0.25, 0.3) is 0 Å². The largest absolute Gasteiger partial charge is 0.453 e. The molecule has 0 spiro atoms. The predicted molar refractivity (Wildman–Crippen MR) is 249 cm³/mol. The van der Waals surface area contributed by atoms with Crippen LogP contribution in [-0.4, -0.2) is 72.5 Å². The molecule has 328 valence electrons. The number of nitrogens with two attached hydrogens (primary N) is 1. The highest BCUT2D eigenvalue weighted by Gasteiger charge is 2.55. The molecule has 0 aliphatic carbocycles. The number of fused-ring (bicyclic) bond motifs is 1. The predicted octanol–water partition coefficient (Wildman–Crippen LogP) is 7.64. The molecule has 1 saturated heterocycles. The van der Waals surface area contributed by atoms with Gasteiger partial charge in [-0.05, 0) is 57.9 Å². The second-order valence-corrected chi connectivity index (χ2v) is 17.3. The van der Waals surface area contributed by atoms with Gasteiger partial charge in [0.2, 0.25) is 11.5 Å². The Kier molecular flexibility index (Phi) is 14.7. The number of rotatable bonds is 18. The molecule has 0 radical (unpaired) electrons. The van der Waals surface area contributed by atoms with E-state index in [0.717, 1.165) is 38.7 Å². The van der Waals surface area contributed by atoms with Crippen molar-refractivity contribution >= 4 is 69.7 Å². The van der Waals surface area contributed by atoms with E-state index in [4.69, 9.17) is 20.0 Å². The first kappa shape index (κ1) is 44.5. The topological polar surface area (TPSA) is 188 Å². The molecule has 2 aliphatic heterocycles. The molecule has 2 aliphatic rings. The Morgan fingerprint density at radius 3 is 2.00 bits per heavy atom. The molecule has 17 heteroatoms. The number of carbonyl (C=O) groups is 4. The number of nitrogens with zero attached hydrogens (tertiary/aromatic N) is 5. The minimum Gasteiger partial charge on any atom is -0.453 e. The maximum Gasteiger partial charge on any atom is 0.356 e. The fraction of sp³-hybridized carbons (Fsp3) is 0.167. The Morgan fingerprint density at radius 1 is 0.846 bits per heavy atom. The number of aromatic nitrogens is 3. The van der Waals surface area contributed by atoms with E-state index >= 15 is 0 Å². The summed E-state index contributed by atoms with van der Waals surface area (Å²) in [4.78, 5) is 71.7. The lowest BCUT2D eigenvalue weighted by Crippen LogP contribution is -2.71. The van der Waals surface area contributed by atoms with Gasteiger partial charge in [0.25, 0.3) is 11.8 Å². The first-order valence-corrected chi connectivity index (χ1v) is 23.2. The molecule has 2 aromatic heterocycles. The molecule has 65 heavy (non-hydrogen) atoms. The Balaban J connectivity index is 0.961. The molecule has 4 aromatic carbocycles. The highest BCUT2D eigenvalue weighted by atomic mass is 32.2. The van der Waals surface area contributed by atoms with Crippen molar-refractivity contribution in [1.29, 1.82) is 0 Å². The quantitative estimate of drug-likeness (QED) is 0.0214. The summed E-state index contributed by atoms with van der Waals surface area (Å²) < 4.78 is 16.3. The zero-order valence-electron chi connectivity index (χ0n) is 34.5. The van der Waals surface area contributed by atoms with Crippen LogP contribution in [0.1, 0.15) is 53.1 Å². The van der Waals surface area contributed by atoms with Crippen LogP contribution in [0.5, 0.6) is 0 Å². The van der Waals surface area contributed by atoms with Crippen LogP contribution in [-0.2, 0) is 33.5 Å². The van der Waals surface area contributed by atoms with Crippen LogP contribution in [0.15, 0.2) is 179 Å². The molecule has 1 unspecified atom stereocenters. The molecule has 6 aromatic rings. The molecule has 1 fully saturated rings. The van der Waals surface area contributed by atoms with Gasteiger partial charge in [0, 0.05) is 41.0 Å². The van der Waals surface area contributed by atoms with E-state index in [0.29, 0.717) is 11.3 Å². The highest BCUT2D eigenvalue weighted by molar-refractivity contribution is 8.02. The van der Waals surface area contributed by atoms with Gasteiger partial charge in [-0.15, -0.1) is 11.8 Å². The molecule has 0 bridgehead atoms. The number of benzene rings is 4. The van der Waals surface area contributed by atoms with Gasteiger partial charge < -0.3 is 25.4 Å². The zero-order valence-corrected chi connectivity index (χ0v) is 37.0. The van der Waals surface area contributed by atoms with E-state index in [-0.39, 0.29) is 41.8 Å². The van der Waals surface area contributed by atoms with E-state index < -0.39 is 47.4 Å². The number of hydrogen-bond donors (Lipinski definition) is 2. The average molecular weight is 924 g/mol. The summed E-state index contributed by atoms with van der Waals surface area (Å²) in [5, 5.41) is 8.07. The van der Waals surface area contributed by atoms with Crippen LogP contribution in [0.2, 0.25) is 0 Å². The first-order valence-electron chi connectivity index (χ1n) is 20.5. The lowest BCUT2D eigenvalue weighted by molar-refractivity contribution is -0.154. The SMILES string of the molecule is Nc1nc(C(=NOCCCC(=O)OC(c2ccccc2)c2ccccc2)C(=O)NC2C(=O)N3C(C(=O)OC(c4ccccc4)c4ccccc4)=C(C=CSc4cccnc4)CS[C@H]23)ns1. The zero-order chi connectivity index (χ0) is 45.0. The standard InChI is InChI=1S/C48H41N7O7S3/c49-48-52-43(54-65-48)38(53-60-27-14-24-37(56)61-41(31-15-5-1-6-16-31)32-17-7-2-8-18-32)44(57)51-39-45(58)55-40(35(30-64-46(39)55)25-28-63-36-23-13-26-50-29-36)47(59)62-42(33-19-9-3-10-20-33)34-21-11-4-12-22-34/h1-13,15-23,25-26,28-29,39,41-42,46H,14,24,27,30H2,(H,51,57)(H2,49,52,54)/t39?,46-/m1/s1. The monoisotopic (exact) mass is 923 g/mol. The van der Waals surface area contributed by atoms with Crippen LogP contribution in [0.4, 0.5) is 5.13 Å². The number of amides is 2. The van der Waals surface area contributed by atoms with Crippen molar-refractivity contribution in [1.82, 2.24) is 24.6 Å². The Hall–Kier alpha value is -7.08. The Morgan fingerprint density at radius 2 is 1.45 bits per heavy atom. The molecule has 0 saturated carbocycles. The van der Waals surface area contributed by atoms with Crippen LogP contribution in [0.3, 0.4) is 0 Å². The van der Waals surface area contributed by atoms with Crippen molar-refractivity contribution in [2.75, 3.05) is 18.1 Å². The summed E-state index contributed by atoms with van der Waals surface area (Å²) in [5.74, 6) is -2.25. The van der Waals surface area contributed by atoms with Gasteiger partial charge in [-0.2, -0.15) is 9.36 Å². The number of pyridine rings is 1. The number of ether oxygens (including phenoxy) is 2. The minimum absolute atomic E-state index is 0.00941. The minimum atomic E-state index is -1.05. The third-order valence-electron chi connectivity index (χ3n) is 10.1. The highest BCUT2D eigenvalue weighted by Crippen LogP contribution is 2.42. The fourth-order valence-electron chi connectivity index (χ4n) is 7.01. The molecule has 2 amide bonds. The van der Waals surface area contributed by atoms with Gasteiger partial charge in [-0.3, -0.25) is 24.3 Å². The summed E-state index contributed by atoms with van der Waals surface area (Å²) >= 11 is 3.65. The number of β-lactam (4-membered cyclic amide) rings is 1. The summed E-state index contributed by atoms with van der Waals surface area (Å²) in [7, 11) is 0. The second-order valence-electron chi connectivity index (χ2n) is 14.5. The van der Waals surface area contributed by atoms with Crippen LogP contribution >= 0.6 is 35.1 Å². The number of anilines is 1. The maximum absolute atomic E-state index is 14.4. The van der Waals surface area contributed by atoms with Crippen LogP contribution < -0.4 is 11.1 Å². The van der Waals surface area contributed by atoms with Gasteiger partial charge in [-0.25, -0.2) is 4.79 Å². The molecule has 3 N–H and O–H groups in total.